The van der Waals surface area contributed by atoms with Crippen molar-refractivity contribution < 1.29 is 4.74 Å². The number of thiazole rings is 2. The van der Waals surface area contributed by atoms with E-state index in [1.807, 2.05) is 22.9 Å². The number of pyridine rings is 1. The van der Waals surface area contributed by atoms with Crippen molar-refractivity contribution in [3.8, 4) is 27.8 Å². The van der Waals surface area contributed by atoms with E-state index in [0.717, 1.165) is 22.0 Å². The molecule has 3 aromatic heterocycles. The molecule has 0 bridgehead atoms. The average molecular weight is 302 g/mol. The first kappa shape index (κ1) is 12.9. The quantitative estimate of drug-likeness (QED) is 0.690. The Morgan fingerprint density at radius 2 is 2.00 bits per heavy atom. The van der Waals surface area contributed by atoms with Gasteiger partial charge < -0.3 is 4.74 Å². The lowest BCUT2D eigenvalue weighted by Crippen LogP contribution is -1.87. The minimum atomic E-state index is 0.575. The Kier molecular flexibility index (Phi) is 3.53. The van der Waals surface area contributed by atoms with Gasteiger partial charge in [-0.25, -0.2) is 19.9 Å². The summed E-state index contributed by atoms with van der Waals surface area (Å²) >= 11 is 3.01. The Morgan fingerprint density at radius 1 is 1.20 bits per heavy atom. The van der Waals surface area contributed by atoms with E-state index in [1.54, 1.807) is 24.6 Å². The van der Waals surface area contributed by atoms with E-state index >= 15 is 0 Å². The summed E-state index contributed by atoms with van der Waals surface area (Å²) in [6.07, 6.45) is 1.71. The number of nitrogens with zero attached hydrogens (tertiary/aromatic N) is 4. The first-order valence-corrected chi connectivity index (χ1v) is 7.44. The highest BCUT2D eigenvalue weighted by Gasteiger charge is 2.10. The molecule has 0 aliphatic carbocycles. The van der Waals surface area contributed by atoms with Crippen molar-refractivity contribution in [2.75, 3.05) is 7.11 Å². The van der Waals surface area contributed by atoms with E-state index in [9.17, 15) is 0 Å². The Bertz CT molecular complexity index is 750. The van der Waals surface area contributed by atoms with Gasteiger partial charge in [0.05, 0.1) is 7.11 Å². The summed E-state index contributed by atoms with van der Waals surface area (Å²) < 4.78 is 5.12. The van der Waals surface area contributed by atoms with Gasteiger partial charge in [0.1, 0.15) is 16.4 Å². The highest BCUT2D eigenvalue weighted by atomic mass is 32.1. The van der Waals surface area contributed by atoms with E-state index < -0.39 is 0 Å². The van der Waals surface area contributed by atoms with Crippen molar-refractivity contribution in [3.63, 3.8) is 0 Å². The molecule has 0 spiro atoms. The Morgan fingerprint density at radius 3 is 2.75 bits per heavy atom. The highest BCUT2D eigenvalue weighted by Crippen LogP contribution is 2.31. The lowest BCUT2D eigenvalue weighted by atomic mass is 10.3. The van der Waals surface area contributed by atoms with Crippen LogP contribution in [0, 0.1) is 0 Å². The third kappa shape index (κ3) is 2.45. The molecule has 7 heteroatoms. The summed E-state index contributed by atoms with van der Waals surface area (Å²) in [5, 5.41) is 5.46. The Labute approximate surface area is 123 Å². The summed E-state index contributed by atoms with van der Waals surface area (Å²) in [6.45, 7) is 3.47. The molecule has 0 aliphatic heterocycles. The number of aliphatic imine (C=N–C) groups is 1. The monoisotopic (exact) mass is 302 g/mol. The van der Waals surface area contributed by atoms with Gasteiger partial charge in [-0.1, -0.05) is 0 Å². The van der Waals surface area contributed by atoms with Gasteiger partial charge in [0.25, 0.3) is 0 Å². The molecular weight excluding hydrogens is 292 g/mol. The molecule has 0 amide bonds. The number of hydrogen-bond acceptors (Lipinski definition) is 7. The van der Waals surface area contributed by atoms with Gasteiger partial charge in [-0.15, -0.1) is 22.7 Å². The van der Waals surface area contributed by atoms with Crippen molar-refractivity contribution in [2.45, 2.75) is 0 Å². The van der Waals surface area contributed by atoms with Gasteiger partial charge in [-0.2, -0.15) is 0 Å². The molecule has 0 radical (unpaired) electrons. The Balaban J connectivity index is 1.94. The maximum Gasteiger partial charge on any atom is 0.213 e. The van der Waals surface area contributed by atoms with Crippen LogP contribution >= 0.6 is 22.7 Å². The van der Waals surface area contributed by atoms with Crippen LogP contribution in [0.4, 0.5) is 5.13 Å². The smallest absolute Gasteiger partial charge is 0.213 e. The lowest BCUT2D eigenvalue weighted by molar-refractivity contribution is 0.398. The lowest BCUT2D eigenvalue weighted by Gasteiger charge is -1.99. The standard InChI is InChI=1S/C13H10N4OS2/c1-14-13-17-10(7-20-13)9-6-19-12(16-9)8-3-4-15-11(5-8)18-2/h3-7H,1H2,2H3. The third-order valence-electron chi connectivity index (χ3n) is 2.58. The van der Waals surface area contributed by atoms with Crippen LogP contribution in [0.25, 0.3) is 22.0 Å². The molecule has 0 aromatic carbocycles. The second-order valence-electron chi connectivity index (χ2n) is 3.80. The van der Waals surface area contributed by atoms with Gasteiger partial charge in [0, 0.05) is 28.6 Å². The number of methoxy groups -OCH3 is 1. The predicted molar refractivity (Wildman–Crippen MR) is 82.2 cm³/mol. The average Bonchev–Trinajstić information content (AvgIpc) is 3.15. The normalized spacial score (nSPS) is 10.4. The highest BCUT2D eigenvalue weighted by molar-refractivity contribution is 7.14. The zero-order valence-corrected chi connectivity index (χ0v) is 12.2. The zero-order chi connectivity index (χ0) is 13.9. The van der Waals surface area contributed by atoms with Crippen LogP contribution in [0.2, 0.25) is 0 Å². The summed E-state index contributed by atoms with van der Waals surface area (Å²) in [5.74, 6) is 0.575. The topological polar surface area (TPSA) is 60.3 Å². The van der Waals surface area contributed by atoms with Crippen molar-refractivity contribution in [2.24, 2.45) is 4.99 Å². The number of hydrogen-bond donors (Lipinski definition) is 0. The van der Waals surface area contributed by atoms with E-state index in [1.165, 1.54) is 11.3 Å². The van der Waals surface area contributed by atoms with E-state index in [4.69, 9.17) is 4.74 Å². The first-order valence-electron chi connectivity index (χ1n) is 5.68. The molecule has 3 heterocycles. The van der Waals surface area contributed by atoms with Gasteiger partial charge in [-0.3, -0.25) is 0 Å². The molecule has 0 N–H and O–H groups in total. The first-order chi connectivity index (χ1) is 9.80. The Hall–Kier alpha value is -2.12. The van der Waals surface area contributed by atoms with E-state index in [0.29, 0.717) is 11.0 Å². The van der Waals surface area contributed by atoms with Crippen LogP contribution in [0.3, 0.4) is 0 Å². The molecular formula is C13H10N4OS2. The summed E-state index contributed by atoms with van der Waals surface area (Å²) in [4.78, 5) is 16.8. The van der Waals surface area contributed by atoms with Crippen molar-refractivity contribution in [1.82, 2.24) is 15.0 Å². The molecule has 5 nitrogen and oxygen atoms in total. The van der Waals surface area contributed by atoms with Gasteiger partial charge >= 0.3 is 0 Å². The van der Waals surface area contributed by atoms with Crippen LogP contribution in [-0.2, 0) is 0 Å². The van der Waals surface area contributed by atoms with Crippen LogP contribution in [0.15, 0.2) is 34.1 Å². The van der Waals surface area contributed by atoms with Gasteiger partial charge in [0.15, 0.2) is 0 Å². The fourth-order valence-electron chi connectivity index (χ4n) is 1.63. The van der Waals surface area contributed by atoms with E-state index in [-0.39, 0.29) is 0 Å². The van der Waals surface area contributed by atoms with Crippen molar-refractivity contribution in [1.29, 1.82) is 0 Å². The van der Waals surface area contributed by atoms with E-state index in [2.05, 4.69) is 26.7 Å². The fraction of sp³-hybridized carbons (Fsp3) is 0.0769. The molecule has 0 atom stereocenters. The van der Waals surface area contributed by atoms with Crippen LogP contribution in [-0.4, -0.2) is 28.8 Å². The summed E-state index contributed by atoms with van der Waals surface area (Å²) in [6, 6.07) is 3.77. The number of rotatable bonds is 4. The minimum absolute atomic E-state index is 0.575. The molecule has 3 aromatic rings. The van der Waals surface area contributed by atoms with Gasteiger partial charge in [-0.05, 0) is 12.8 Å². The molecule has 0 saturated carbocycles. The molecule has 20 heavy (non-hydrogen) atoms. The molecule has 0 saturated heterocycles. The SMILES string of the molecule is C=Nc1nc(-c2csc(-c3ccnc(OC)c3)n2)cs1. The molecule has 3 rings (SSSR count). The summed E-state index contributed by atoms with van der Waals surface area (Å²) in [5.41, 5.74) is 2.64. The van der Waals surface area contributed by atoms with Crippen LogP contribution in [0.5, 0.6) is 5.88 Å². The zero-order valence-electron chi connectivity index (χ0n) is 10.6. The van der Waals surface area contributed by atoms with Crippen LogP contribution < -0.4 is 4.74 Å². The maximum absolute atomic E-state index is 5.12. The third-order valence-corrected chi connectivity index (χ3v) is 4.25. The summed E-state index contributed by atoms with van der Waals surface area (Å²) in [7, 11) is 1.60. The van der Waals surface area contributed by atoms with Crippen LogP contribution in [0.1, 0.15) is 0 Å². The number of aromatic nitrogens is 3. The molecule has 100 valence electrons. The van der Waals surface area contributed by atoms with Crippen molar-refractivity contribution in [3.05, 3.63) is 29.1 Å². The minimum Gasteiger partial charge on any atom is -0.481 e. The fourth-order valence-corrected chi connectivity index (χ4v) is 3.06. The second-order valence-corrected chi connectivity index (χ2v) is 5.49. The van der Waals surface area contributed by atoms with Crippen molar-refractivity contribution >= 4 is 34.5 Å². The second kappa shape index (κ2) is 5.48. The molecule has 0 unspecified atom stereocenters. The maximum atomic E-state index is 5.12. The molecule has 0 fully saturated rings. The predicted octanol–water partition coefficient (Wildman–Crippen LogP) is 3.67. The largest absolute Gasteiger partial charge is 0.481 e. The number of ether oxygens (including phenoxy) is 1. The van der Waals surface area contributed by atoms with Gasteiger partial charge in [0.2, 0.25) is 11.0 Å². The molecule has 0 aliphatic rings.